The van der Waals surface area contributed by atoms with Crippen LogP contribution in [0.5, 0.6) is 0 Å². The Morgan fingerprint density at radius 2 is 2.50 bits per heavy atom. The van der Waals surface area contributed by atoms with Crippen LogP contribution in [0, 0.1) is 0 Å². The summed E-state index contributed by atoms with van der Waals surface area (Å²) >= 11 is 1.77. The molecule has 2 heterocycles. The van der Waals surface area contributed by atoms with Crippen LogP contribution in [0.25, 0.3) is 0 Å². The van der Waals surface area contributed by atoms with E-state index in [1.165, 1.54) is 4.88 Å². The van der Waals surface area contributed by atoms with E-state index in [1.54, 1.807) is 11.3 Å². The van der Waals surface area contributed by atoms with Crippen molar-refractivity contribution in [2.75, 3.05) is 33.3 Å². The third-order valence-corrected chi connectivity index (χ3v) is 4.49. The molecule has 0 saturated carbocycles. The van der Waals surface area contributed by atoms with Gasteiger partial charge in [-0.25, -0.2) is 4.98 Å². The van der Waals surface area contributed by atoms with Gasteiger partial charge < -0.3 is 15.0 Å². The molecule has 18 heavy (non-hydrogen) atoms. The number of likely N-dealkylation sites (N-methyl/N-ethyl adjacent to an activating group) is 1. The summed E-state index contributed by atoms with van der Waals surface area (Å²) in [5.74, 6) is 0. The van der Waals surface area contributed by atoms with Crippen LogP contribution in [0.1, 0.15) is 42.3 Å². The Morgan fingerprint density at radius 3 is 3.22 bits per heavy atom. The molecule has 0 amide bonds. The van der Waals surface area contributed by atoms with Gasteiger partial charge in [-0.3, -0.25) is 0 Å². The SMILES string of the molecule is CCCNC(C)c1cnc(C2CN(C)CCO2)s1. The molecule has 5 heteroatoms. The van der Waals surface area contributed by atoms with Crippen molar-refractivity contribution in [1.82, 2.24) is 15.2 Å². The minimum Gasteiger partial charge on any atom is -0.368 e. The lowest BCUT2D eigenvalue weighted by molar-refractivity contribution is -0.0209. The van der Waals surface area contributed by atoms with Crippen molar-refractivity contribution in [3.8, 4) is 0 Å². The van der Waals surface area contributed by atoms with E-state index in [2.05, 4.69) is 36.1 Å². The number of morpholine rings is 1. The Morgan fingerprint density at radius 1 is 1.67 bits per heavy atom. The number of hydrogen-bond acceptors (Lipinski definition) is 5. The summed E-state index contributed by atoms with van der Waals surface area (Å²) < 4.78 is 5.79. The van der Waals surface area contributed by atoms with E-state index in [0.717, 1.165) is 37.7 Å². The first kappa shape index (κ1) is 13.9. The third-order valence-electron chi connectivity index (χ3n) is 3.21. The van der Waals surface area contributed by atoms with Crippen LogP contribution in [0.15, 0.2) is 6.20 Å². The van der Waals surface area contributed by atoms with Gasteiger partial charge in [-0.2, -0.15) is 0 Å². The maximum absolute atomic E-state index is 5.79. The molecule has 1 saturated heterocycles. The normalized spacial score (nSPS) is 23.2. The van der Waals surface area contributed by atoms with E-state index in [1.807, 2.05) is 6.20 Å². The van der Waals surface area contributed by atoms with Gasteiger partial charge in [0.05, 0.1) is 6.61 Å². The van der Waals surface area contributed by atoms with Gasteiger partial charge in [-0.05, 0) is 26.9 Å². The van der Waals surface area contributed by atoms with Crippen molar-refractivity contribution in [2.24, 2.45) is 0 Å². The zero-order valence-corrected chi connectivity index (χ0v) is 12.3. The second-order valence-electron chi connectivity index (χ2n) is 4.90. The second-order valence-corrected chi connectivity index (χ2v) is 5.99. The summed E-state index contributed by atoms with van der Waals surface area (Å²) in [6.07, 6.45) is 3.30. The van der Waals surface area contributed by atoms with Gasteiger partial charge in [-0.1, -0.05) is 6.92 Å². The van der Waals surface area contributed by atoms with Crippen molar-refractivity contribution in [3.05, 3.63) is 16.1 Å². The third kappa shape index (κ3) is 3.51. The highest BCUT2D eigenvalue weighted by molar-refractivity contribution is 7.11. The van der Waals surface area contributed by atoms with Crippen molar-refractivity contribution in [2.45, 2.75) is 32.4 Å². The first-order chi connectivity index (χ1) is 8.70. The van der Waals surface area contributed by atoms with Crippen molar-refractivity contribution in [3.63, 3.8) is 0 Å². The number of nitrogens with zero attached hydrogens (tertiary/aromatic N) is 2. The summed E-state index contributed by atoms with van der Waals surface area (Å²) in [5, 5.41) is 4.61. The lowest BCUT2D eigenvalue weighted by Gasteiger charge is -2.28. The molecule has 0 aromatic carbocycles. The Hall–Kier alpha value is -0.490. The molecule has 1 aromatic rings. The van der Waals surface area contributed by atoms with Crippen LogP contribution in [-0.4, -0.2) is 43.2 Å². The first-order valence-electron chi connectivity index (χ1n) is 6.70. The maximum atomic E-state index is 5.79. The standard InChI is InChI=1S/C13H23N3OS/c1-4-5-14-10(2)12-8-15-13(18-12)11-9-16(3)6-7-17-11/h8,10-11,14H,4-7,9H2,1-3H3. The fraction of sp³-hybridized carbons (Fsp3) is 0.769. The minimum absolute atomic E-state index is 0.154. The molecule has 1 aliphatic heterocycles. The molecule has 1 aliphatic rings. The van der Waals surface area contributed by atoms with Gasteiger partial charge in [0.2, 0.25) is 0 Å². The van der Waals surface area contributed by atoms with Crippen LogP contribution in [0.3, 0.4) is 0 Å². The van der Waals surface area contributed by atoms with Gasteiger partial charge in [0.15, 0.2) is 0 Å². The zero-order valence-electron chi connectivity index (χ0n) is 11.5. The topological polar surface area (TPSA) is 37.4 Å². The van der Waals surface area contributed by atoms with E-state index in [0.29, 0.717) is 6.04 Å². The molecular formula is C13H23N3OS. The van der Waals surface area contributed by atoms with Gasteiger partial charge in [0.25, 0.3) is 0 Å². The summed E-state index contributed by atoms with van der Waals surface area (Å²) in [7, 11) is 2.13. The van der Waals surface area contributed by atoms with Crippen molar-refractivity contribution in [1.29, 1.82) is 0 Å². The molecule has 0 radical (unpaired) electrons. The number of rotatable bonds is 5. The van der Waals surface area contributed by atoms with Gasteiger partial charge in [0, 0.05) is 30.2 Å². The van der Waals surface area contributed by atoms with Gasteiger partial charge >= 0.3 is 0 Å². The highest BCUT2D eigenvalue weighted by Gasteiger charge is 2.23. The molecular weight excluding hydrogens is 246 g/mol. The predicted molar refractivity (Wildman–Crippen MR) is 75.0 cm³/mol. The summed E-state index contributed by atoms with van der Waals surface area (Å²) in [4.78, 5) is 8.13. The Labute approximate surface area is 113 Å². The summed E-state index contributed by atoms with van der Waals surface area (Å²) in [5.41, 5.74) is 0. The van der Waals surface area contributed by atoms with E-state index in [9.17, 15) is 0 Å². The van der Waals surface area contributed by atoms with Crippen LogP contribution in [-0.2, 0) is 4.74 Å². The van der Waals surface area contributed by atoms with Crippen molar-refractivity contribution < 1.29 is 4.74 Å². The van der Waals surface area contributed by atoms with E-state index < -0.39 is 0 Å². The number of nitrogens with one attached hydrogen (secondary N) is 1. The van der Waals surface area contributed by atoms with E-state index in [-0.39, 0.29) is 6.10 Å². The zero-order chi connectivity index (χ0) is 13.0. The molecule has 1 N–H and O–H groups in total. The highest BCUT2D eigenvalue weighted by atomic mass is 32.1. The number of aromatic nitrogens is 1. The minimum atomic E-state index is 0.154. The first-order valence-corrected chi connectivity index (χ1v) is 7.51. The van der Waals surface area contributed by atoms with Crippen LogP contribution in [0.2, 0.25) is 0 Å². The van der Waals surface area contributed by atoms with E-state index >= 15 is 0 Å². The molecule has 1 aromatic heterocycles. The molecule has 2 unspecified atom stereocenters. The lowest BCUT2D eigenvalue weighted by Crippen LogP contribution is -2.35. The van der Waals surface area contributed by atoms with E-state index in [4.69, 9.17) is 4.74 Å². The molecule has 1 fully saturated rings. The van der Waals surface area contributed by atoms with Crippen molar-refractivity contribution >= 4 is 11.3 Å². The second kappa shape index (κ2) is 6.61. The smallest absolute Gasteiger partial charge is 0.123 e. The van der Waals surface area contributed by atoms with Crippen LogP contribution in [0.4, 0.5) is 0 Å². The molecule has 0 spiro atoms. The Balaban J connectivity index is 1.96. The monoisotopic (exact) mass is 269 g/mol. The molecule has 0 bridgehead atoms. The van der Waals surface area contributed by atoms with Gasteiger partial charge in [-0.15, -0.1) is 11.3 Å². The highest BCUT2D eigenvalue weighted by Crippen LogP contribution is 2.28. The molecule has 102 valence electrons. The Kier molecular flexibility index (Phi) is 5.12. The predicted octanol–water partition coefficient (Wildman–Crippen LogP) is 2.21. The maximum Gasteiger partial charge on any atom is 0.123 e. The lowest BCUT2D eigenvalue weighted by atomic mass is 10.3. The quantitative estimate of drug-likeness (QED) is 0.889. The number of thiazole rings is 1. The Bertz CT molecular complexity index is 369. The molecule has 2 atom stereocenters. The summed E-state index contributed by atoms with van der Waals surface area (Å²) in [6, 6.07) is 0.387. The van der Waals surface area contributed by atoms with Gasteiger partial charge in [0.1, 0.15) is 11.1 Å². The fourth-order valence-corrected chi connectivity index (χ4v) is 3.02. The average molecular weight is 269 g/mol. The molecule has 4 nitrogen and oxygen atoms in total. The fourth-order valence-electron chi connectivity index (χ4n) is 2.04. The van der Waals surface area contributed by atoms with Crippen LogP contribution >= 0.6 is 11.3 Å². The number of hydrogen-bond donors (Lipinski definition) is 1. The van der Waals surface area contributed by atoms with Crippen LogP contribution < -0.4 is 5.32 Å². The average Bonchev–Trinajstić information content (AvgIpc) is 2.85. The summed E-state index contributed by atoms with van der Waals surface area (Å²) in [6.45, 7) is 8.20. The molecule has 0 aliphatic carbocycles. The number of ether oxygens (including phenoxy) is 1. The largest absolute Gasteiger partial charge is 0.368 e. The molecule has 2 rings (SSSR count).